The summed E-state index contributed by atoms with van der Waals surface area (Å²) in [5, 5.41) is 14.9. The van der Waals surface area contributed by atoms with E-state index in [9.17, 15) is 4.79 Å². The highest BCUT2D eigenvalue weighted by atomic mass is 16.7. The Morgan fingerprint density at radius 3 is 2.90 bits per heavy atom. The zero-order chi connectivity index (χ0) is 7.40. The predicted octanol–water partition coefficient (Wildman–Crippen LogP) is 0.533. The topological polar surface area (TPSA) is 72.3 Å². The fraction of sp³-hybridized carbons (Fsp3) is 0. The van der Waals surface area contributed by atoms with Gasteiger partial charge in [-0.05, 0) is 0 Å². The van der Waals surface area contributed by atoms with E-state index in [2.05, 4.69) is 14.9 Å². The molecule has 0 aromatic carbocycles. The number of hydrogen-bond donors (Lipinski definition) is 1. The van der Waals surface area contributed by atoms with E-state index in [0.717, 1.165) is 0 Å². The zero-order valence-corrected chi connectivity index (χ0v) is 4.89. The Hall–Kier alpha value is -1.65. The maximum absolute atomic E-state index is 9.90. The van der Waals surface area contributed by atoms with E-state index in [1.165, 1.54) is 18.5 Å². The van der Waals surface area contributed by atoms with Crippen molar-refractivity contribution >= 4 is 6.16 Å². The van der Waals surface area contributed by atoms with Gasteiger partial charge in [0.15, 0.2) is 5.75 Å². The van der Waals surface area contributed by atoms with Crippen LogP contribution in [0.25, 0.3) is 0 Å². The molecule has 0 saturated heterocycles. The lowest BCUT2D eigenvalue weighted by Gasteiger charge is -1.94. The van der Waals surface area contributed by atoms with E-state index in [-0.39, 0.29) is 5.75 Å². The largest absolute Gasteiger partial charge is 0.511 e. The maximum Gasteiger partial charge on any atom is 0.511 e. The molecular weight excluding hydrogens is 136 g/mol. The van der Waals surface area contributed by atoms with Crippen LogP contribution in [0.2, 0.25) is 0 Å². The average Bonchev–Trinajstić information content (AvgIpc) is 1.88. The second-order valence-electron chi connectivity index (χ2n) is 1.45. The van der Waals surface area contributed by atoms with Crippen LogP contribution in [0, 0.1) is 0 Å². The summed E-state index contributed by atoms with van der Waals surface area (Å²) in [5.74, 6) is 0.169. The van der Waals surface area contributed by atoms with Gasteiger partial charge in [-0.15, -0.1) is 0 Å². The first-order valence-electron chi connectivity index (χ1n) is 2.46. The minimum Gasteiger partial charge on any atom is -0.449 e. The Morgan fingerprint density at radius 2 is 2.40 bits per heavy atom. The number of ether oxygens (including phenoxy) is 1. The van der Waals surface area contributed by atoms with E-state index in [1.54, 1.807) is 0 Å². The minimum atomic E-state index is -1.35. The van der Waals surface area contributed by atoms with Crippen LogP contribution < -0.4 is 4.74 Å². The summed E-state index contributed by atoms with van der Waals surface area (Å²) in [6.45, 7) is 0. The van der Waals surface area contributed by atoms with Crippen molar-refractivity contribution in [2.75, 3.05) is 0 Å². The number of carboxylic acid groups (broad SMARTS) is 1. The molecule has 1 heterocycles. The second kappa shape index (κ2) is 2.77. The van der Waals surface area contributed by atoms with Gasteiger partial charge in [0.2, 0.25) is 0 Å². The predicted molar refractivity (Wildman–Crippen MR) is 30.7 cm³/mol. The van der Waals surface area contributed by atoms with Gasteiger partial charge in [-0.2, -0.15) is 10.2 Å². The Bertz CT molecular complexity index is 224. The zero-order valence-electron chi connectivity index (χ0n) is 4.89. The SMILES string of the molecule is O=C(O)Oc1ccnnc1. The monoisotopic (exact) mass is 140 g/mol. The molecule has 5 heteroatoms. The van der Waals surface area contributed by atoms with Gasteiger partial charge in [0, 0.05) is 6.07 Å². The van der Waals surface area contributed by atoms with Crippen LogP contribution in [0.5, 0.6) is 5.75 Å². The van der Waals surface area contributed by atoms with Crippen LogP contribution in [0.15, 0.2) is 18.5 Å². The van der Waals surface area contributed by atoms with Crippen LogP contribution in [0.1, 0.15) is 0 Å². The fourth-order valence-electron chi connectivity index (χ4n) is 0.440. The van der Waals surface area contributed by atoms with Gasteiger partial charge in [-0.25, -0.2) is 4.79 Å². The summed E-state index contributed by atoms with van der Waals surface area (Å²) in [6.07, 6.45) is 1.21. The quantitative estimate of drug-likeness (QED) is 0.576. The highest BCUT2D eigenvalue weighted by Crippen LogP contribution is 2.03. The number of rotatable bonds is 1. The van der Waals surface area contributed by atoms with Crippen LogP contribution in [-0.2, 0) is 0 Å². The Morgan fingerprint density at radius 1 is 1.60 bits per heavy atom. The molecule has 0 bridgehead atoms. The first-order valence-corrected chi connectivity index (χ1v) is 2.46. The minimum absolute atomic E-state index is 0.169. The van der Waals surface area contributed by atoms with Gasteiger partial charge in [0.25, 0.3) is 0 Å². The van der Waals surface area contributed by atoms with Crippen molar-refractivity contribution in [3.63, 3.8) is 0 Å². The first-order chi connectivity index (χ1) is 4.79. The Balaban J connectivity index is 2.67. The molecule has 0 aliphatic rings. The van der Waals surface area contributed by atoms with Gasteiger partial charge in [0.05, 0.1) is 12.4 Å². The highest BCUT2D eigenvalue weighted by Gasteiger charge is 1.97. The van der Waals surface area contributed by atoms with Crippen molar-refractivity contribution < 1.29 is 14.6 Å². The van der Waals surface area contributed by atoms with Crippen LogP contribution in [0.3, 0.4) is 0 Å². The summed E-state index contributed by atoms with van der Waals surface area (Å²) in [5.41, 5.74) is 0. The molecule has 0 radical (unpaired) electrons. The summed E-state index contributed by atoms with van der Waals surface area (Å²) >= 11 is 0. The van der Waals surface area contributed by atoms with Crippen molar-refractivity contribution in [1.82, 2.24) is 10.2 Å². The first kappa shape index (κ1) is 6.47. The second-order valence-corrected chi connectivity index (χ2v) is 1.45. The third kappa shape index (κ3) is 1.70. The van der Waals surface area contributed by atoms with Gasteiger partial charge >= 0.3 is 6.16 Å². The van der Waals surface area contributed by atoms with Crippen LogP contribution in [0.4, 0.5) is 4.79 Å². The smallest absolute Gasteiger partial charge is 0.449 e. The molecule has 0 atom stereocenters. The van der Waals surface area contributed by atoms with Crippen molar-refractivity contribution in [2.24, 2.45) is 0 Å². The van der Waals surface area contributed by atoms with E-state index in [0.29, 0.717) is 0 Å². The molecule has 0 fully saturated rings. The summed E-state index contributed by atoms with van der Waals surface area (Å²) < 4.78 is 4.23. The molecule has 1 aromatic heterocycles. The normalized spacial score (nSPS) is 8.80. The molecular formula is C5H4N2O3. The molecule has 0 spiro atoms. The summed E-state index contributed by atoms with van der Waals surface area (Å²) in [4.78, 5) is 9.90. The van der Waals surface area contributed by atoms with Crippen LogP contribution >= 0.6 is 0 Å². The van der Waals surface area contributed by atoms with E-state index in [1.807, 2.05) is 0 Å². The lowest BCUT2D eigenvalue weighted by molar-refractivity contribution is 0.144. The Labute approximate surface area is 56.3 Å². The average molecular weight is 140 g/mol. The van der Waals surface area contributed by atoms with Gasteiger partial charge in [-0.1, -0.05) is 0 Å². The van der Waals surface area contributed by atoms with E-state index < -0.39 is 6.16 Å². The molecule has 0 aliphatic carbocycles. The van der Waals surface area contributed by atoms with E-state index >= 15 is 0 Å². The van der Waals surface area contributed by atoms with Crippen molar-refractivity contribution in [2.45, 2.75) is 0 Å². The standard InChI is InChI=1S/C5H4N2O3/c8-5(9)10-4-1-2-6-7-3-4/h1-3H,(H,8,9). The maximum atomic E-state index is 9.90. The van der Waals surface area contributed by atoms with Crippen molar-refractivity contribution in [1.29, 1.82) is 0 Å². The summed E-state index contributed by atoms with van der Waals surface area (Å²) in [7, 11) is 0. The Kier molecular flexibility index (Phi) is 1.79. The molecule has 52 valence electrons. The third-order valence-corrected chi connectivity index (χ3v) is 0.762. The highest BCUT2D eigenvalue weighted by molar-refractivity contribution is 5.60. The number of aromatic nitrogens is 2. The molecule has 10 heavy (non-hydrogen) atoms. The molecule has 1 aromatic rings. The molecule has 5 nitrogen and oxygen atoms in total. The van der Waals surface area contributed by atoms with E-state index in [4.69, 9.17) is 5.11 Å². The van der Waals surface area contributed by atoms with Crippen molar-refractivity contribution in [3.8, 4) is 5.75 Å². The van der Waals surface area contributed by atoms with Crippen molar-refractivity contribution in [3.05, 3.63) is 18.5 Å². The molecule has 0 aliphatic heterocycles. The number of nitrogens with zero attached hydrogens (tertiary/aromatic N) is 2. The van der Waals surface area contributed by atoms with Gasteiger partial charge < -0.3 is 9.84 Å². The number of hydrogen-bond acceptors (Lipinski definition) is 4. The third-order valence-electron chi connectivity index (χ3n) is 0.762. The summed E-state index contributed by atoms with van der Waals surface area (Å²) in [6, 6.07) is 1.40. The van der Waals surface area contributed by atoms with Gasteiger partial charge in [0.1, 0.15) is 0 Å². The van der Waals surface area contributed by atoms with Gasteiger partial charge in [-0.3, -0.25) is 0 Å². The number of carbonyl (C=O) groups is 1. The molecule has 1 rings (SSSR count). The molecule has 1 N–H and O–H groups in total. The molecule has 0 amide bonds. The lowest BCUT2D eigenvalue weighted by Crippen LogP contribution is -2.02. The molecule has 0 unspecified atom stereocenters. The fourth-order valence-corrected chi connectivity index (χ4v) is 0.440. The van der Waals surface area contributed by atoms with Crippen LogP contribution in [-0.4, -0.2) is 21.5 Å². The lowest BCUT2D eigenvalue weighted by atomic mass is 10.5. The molecule has 0 saturated carbocycles.